The normalized spacial score (nSPS) is 15.1. The molecule has 0 unspecified atom stereocenters. The number of primary amides is 1. The summed E-state index contributed by atoms with van der Waals surface area (Å²) in [5.74, 6) is 0.724. The molecule has 154 valence electrons. The van der Waals surface area contributed by atoms with Crippen LogP contribution in [0.3, 0.4) is 0 Å². The number of rotatable bonds is 5. The van der Waals surface area contributed by atoms with Crippen molar-refractivity contribution in [2.45, 2.75) is 48.6 Å². The molecule has 10 heteroatoms. The Kier molecular flexibility index (Phi) is 5.26. The molecule has 3 heterocycles. The summed E-state index contributed by atoms with van der Waals surface area (Å²) in [4.78, 5) is 16.2. The Morgan fingerprint density at radius 2 is 2.07 bits per heavy atom. The second-order valence-electron chi connectivity index (χ2n) is 7.42. The van der Waals surface area contributed by atoms with Crippen molar-refractivity contribution in [1.82, 2.24) is 24.8 Å². The molecule has 8 nitrogen and oxygen atoms in total. The third-order valence-corrected chi connectivity index (χ3v) is 7.07. The monoisotopic (exact) mass is 440 g/mol. The zero-order valence-corrected chi connectivity index (χ0v) is 17.8. The molecular formula is C20H20N6O2S2. The van der Waals surface area contributed by atoms with Gasteiger partial charge in [-0.3, -0.25) is 0 Å². The van der Waals surface area contributed by atoms with Gasteiger partial charge in [-0.1, -0.05) is 43.4 Å². The van der Waals surface area contributed by atoms with Crippen LogP contribution in [0.25, 0.3) is 15.9 Å². The lowest BCUT2D eigenvalue weighted by Gasteiger charge is -2.20. The highest BCUT2D eigenvalue weighted by Gasteiger charge is 2.16. The molecule has 1 aliphatic rings. The van der Waals surface area contributed by atoms with E-state index in [4.69, 9.17) is 15.6 Å². The van der Waals surface area contributed by atoms with Gasteiger partial charge in [0.2, 0.25) is 5.16 Å². The summed E-state index contributed by atoms with van der Waals surface area (Å²) in [6.07, 6.45) is 6.73. The number of thiazole rings is 1. The summed E-state index contributed by atoms with van der Waals surface area (Å²) < 4.78 is 7.60. The van der Waals surface area contributed by atoms with E-state index in [0.29, 0.717) is 5.16 Å². The lowest BCUT2D eigenvalue weighted by atomic mass is 9.86. The summed E-state index contributed by atoms with van der Waals surface area (Å²) in [6.45, 7) is 0. The molecule has 1 aliphatic carbocycles. The summed E-state index contributed by atoms with van der Waals surface area (Å²) >= 11 is 2.76. The summed E-state index contributed by atoms with van der Waals surface area (Å²) in [7, 11) is 0. The van der Waals surface area contributed by atoms with Crippen LogP contribution in [0.5, 0.6) is 5.19 Å². The van der Waals surface area contributed by atoms with E-state index in [1.165, 1.54) is 55.2 Å². The first kappa shape index (κ1) is 19.3. The first-order chi connectivity index (χ1) is 14.6. The number of aromatic nitrogens is 5. The molecule has 1 amide bonds. The van der Waals surface area contributed by atoms with Gasteiger partial charge in [0.15, 0.2) is 5.65 Å². The van der Waals surface area contributed by atoms with Crippen molar-refractivity contribution in [1.29, 1.82) is 0 Å². The number of fused-ring (bicyclic) bond motifs is 2. The second-order valence-corrected chi connectivity index (χ2v) is 9.45. The minimum Gasteiger partial charge on any atom is -0.381 e. The molecule has 1 fully saturated rings. The van der Waals surface area contributed by atoms with Crippen molar-refractivity contribution in [2.24, 2.45) is 11.7 Å². The van der Waals surface area contributed by atoms with Crippen molar-refractivity contribution in [3.05, 3.63) is 36.0 Å². The van der Waals surface area contributed by atoms with E-state index in [9.17, 15) is 4.79 Å². The van der Waals surface area contributed by atoms with Gasteiger partial charge in [-0.05, 0) is 54.4 Å². The lowest BCUT2D eigenvalue weighted by molar-refractivity contribution is 0.211. The molecule has 0 spiro atoms. The fourth-order valence-electron chi connectivity index (χ4n) is 3.85. The first-order valence-corrected chi connectivity index (χ1v) is 11.5. The van der Waals surface area contributed by atoms with Crippen molar-refractivity contribution in [2.75, 3.05) is 0 Å². The summed E-state index contributed by atoms with van der Waals surface area (Å²) in [6, 6.07) is 9.87. The van der Waals surface area contributed by atoms with E-state index in [-0.39, 0.29) is 5.19 Å². The van der Waals surface area contributed by atoms with Crippen LogP contribution in [0.15, 0.2) is 40.4 Å². The molecule has 0 bridgehead atoms. The molecule has 1 saturated carbocycles. The first-order valence-electron chi connectivity index (χ1n) is 9.91. The van der Waals surface area contributed by atoms with E-state index in [2.05, 4.69) is 21.2 Å². The van der Waals surface area contributed by atoms with Gasteiger partial charge in [-0.25, -0.2) is 9.78 Å². The van der Waals surface area contributed by atoms with Crippen molar-refractivity contribution < 1.29 is 9.53 Å². The number of nitrogens with two attached hydrogens (primary N) is 1. The number of amides is 1. The molecule has 5 rings (SSSR count). The molecule has 0 aliphatic heterocycles. The number of hydrogen-bond donors (Lipinski definition) is 1. The SMILES string of the molecule is NC(=O)Oc1nc2ccc(Sc3nnc4ccc(CC5CCCCC5)nn34)cc2s1. The minimum absolute atomic E-state index is 0.238. The predicted molar refractivity (Wildman–Crippen MR) is 115 cm³/mol. The predicted octanol–water partition coefficient (Wildman–Crippen LogP) is 4.47. The molecule has 2 N–H and O–H groups in total. The van der Waals surface area contributed by atoms with Crippen LogP contribution in [0.4, 0.5) is 4.79 Å². The Bertz CT molecular complexity index is 1210. The Hall–Kier alpha value is -2.72. The van der Waals surface area contributed by atoms with Crippen molar-refractivity contribution in [3.8, 4) is 5.19 Å². The van der Waals surface area contributed by atoms with Gasteiger partial charge < -0.3 is 10.5 Å². The third-order valence-electron chi connectivity index (χ3n) is 5.25. The molecule has 0 atom stereocenters. The number of carbonyl (C=O) groups excluding carboxylic acids is 1. The van der Waals surface area contributed by atoms with E-state index in [0.717, 1.165) is 38.8 Å². The number of ether oxygens (including phenoxy) is 1. The van der Waals surface area contributed by atoms with Crippen LogP contribution in [-0.4, -0.2) is 30.9 Å². The summed E-state index contributed by atoms with van der Waals surface area (Å²) in [5, 5.41) is 14.3. The Morgan fingerprint density at radius 3 is 2.90 bits per heavy atom. The zero-order chi connectivity index (χ0) is 20.5. The molecule has 1 aromatic carbocycles. The third kappa shape index (κ3) is 4.10. The molecular weight excluding hydrogens is 420 g/mol. The van der Waals surface area contributed by atoms with Crippen molar-refractivity contribution >= 4 is 45.1 Å². The van der Waals surface area contributed by atoms with E-state index >= 15 is 0 Å². The second kappa shape index (κ2) is 8.19. The zero-order valence-electron chi connectivity index (χ0n) is 16.2. The van der Waals surface area contributed by atoms with Crippen LogP contribution in [-0.2, 0) is 6.42 Å². The Balaban J connectivity index is 1.38. The van der Waals surface area contributed by atoms with Crippen LogP contribution >= 0.6 is 23.1 Å². The molecule has 30 heavy (non-hydrogen) atoms. The van der Waals surface area contributed by atoms with Crippen LogP contribution in [0.1, 0.15) is 37.8 Å². The topological polar surface area (TPSA) is 108 Å². The highest BCUT2D eigenvalue weighted by molar-refractivity contribution is 7.99. The quantitative estimate of drug-likeness (QED) is 0.488. The fraction of sp³-hybridized carbons (Fsp3) is 0.350. The summed E-state index contributed by atoms with van der Waals surface area (Å²) in [5.41, 5.74) is 7.64. The molecule has 0 radical (unpaired) electrons. The van der Waals surface area contributed by atoms with Gasteiger partial charge in [0, 0.05) is 4.90 Å². The number of hydrogen-bond acceptors (Lipinski definition) is 8. The van der Waals surface area contributed by atoms with E-state index < -0.39 is 6.09 Å². The van der Waals surface area contributed by atoms with Crippen LogP contribution in [0.2, 0.25) is 0 Å². The van der Waals surface area contributed by atoms with Gasteiger partial charge in [0.05, 0.1) is 15.9 Å². The van der Waals surface area contributed by atoms with Gasteiger partial charge in [-0.15, -0.1) is 10.2 Å². The molecule has 3 aromatic heterocycles. The molecule has 4 aromatic rings. The van der Waals surface area contributed by atoms with E-state index in [1.54, 1.807) is 0 Å². The van der Waals surface area contributed by atoms with E-state index in [1.807, 2.05) is 28.8 Å². The fourth-order valence-corrected chi connectivity index (χ4v) is 5.61. The number of benzene rings is 1. The Morgan fingerprint density at radius 1 is 1.20 bits per heavy atom. The minimum atomic E-state index is -0.867. The van der Waals surface area contributed by atoms with Gasteiger partial charge >= 0.3 is 6.09 Å². The standard InChI is InChI=1S/C20H20N6O2S2/c21-18(27)28-20-22-15-8-7-14(11-16(15)30-20)29-19-24-23-17-9-6-13(25-26(17)19)10-12-4-2-1-3-5-12/h6-9,11-12H,1-5,10H2,(H2,21,27). The van der Waals surface area contributed by atoms with Gasteiger partial charge in [0.25, 0.3) is 5.19 Å². The maximum absolute atomic E-state index is 10.9. The Labute approximate surface area is 180 Å². The highest BCUT2D eigenvalue weighted by atomic mass is 32.2. The molecule has 0 saturated heterocycles. The smallest absolute Gasteiger partial charge is 0.381 e. The largest absolute Gasteiger partial charge is 0.411 e. The average molecular weight is 441 g/mol. The van der Waals surface area contributed by atoms with Gasteiger partial charge in [-0.2, -0.15) is 9.61 Å². The average Bonchev–Trinajstić information content (AvgIpc) is 3.31. The van der Waals surface area contributed by atoms with Crippen molar-refractivity contribution in [3.63, 3.8) is 0 Å². The van der Waals surface area contributed by atoms with Gasteiger partial charge in [0.1, 0.15) is 0 Å². The van der Waals surface area contributed by atoms with Crippen LogP contribution in [0, 0.1) is 5.92 Å². The maximum Gasteiger partial charge on any atom is 0.411 e. The number of carbonyl (C=O) groups is 1. The maximum atomic E-state index is 10.9. The number of nitrogens with zero attached hydrogens (tertiary/aromatic N) is 5. The van der Waals surface area contributed by atoms with Crippen LogP contribution < -0.4 is 10.5 Å². The highest BCUT2D eigenvalue weighted by Crippen LogP contribution is 2.34. The lowest BCUT2D eigenvalue weighted by Crippen LogP contribution is -2.15.